The Bertz CT molecular complexity index is 311. The molecule has 0 aliphatic heterocycles. The molecule has 0 aliphatic carbocycles. The summed E-state index contributed by atoms with van der Waals surface area (Å²) < 4.78 is 23.4. The molecule has 2 nitrogen and oxygen atoms in total. The van der Waals surface area contributed by atoms with Crippen LogP contribution in [0.2, 0.25) is 0 Å². The third-order valence-electron chi connectivity index (χ3n) is 1.57. The molecule has 0 saturated carbocycles. The van der Waals surface area contributed by atoms with Gasteiger partial charge in [-0.25, -0.2) is 8.42 Å². The summed E-state index contributed by atoms with van der Waals surface area (Å²) in [5.74, 6) is 0.282. The first-order chi connectivity index (χ1) is 5.67. The van der Waals surface area contributed by atoms with E-state index in [2.05, 4.69) is 0 Å². The molecule has 1 aromatic heterocycles. The predicted molar refractivity (Wildman–Crippen MR) is 51.3 cm³/mol. The SMILES string of the molecule is CCCCS(=O)(=O)c1cccs1. The second kappa shape index (κ2) is 4.05. The molecule has 0 aromatic carbocycles. The van der Waals surface area contributed by atoms with Crippen molar-refractivity contribution in [2.45, 2.75) is 24.0 Å². The molecule has 0 amide bonds. The highest BCUT2D eigenvalue weighted by Crippen LogP contribution is 2.18. The second-order valence-electron chi connectivity index (χ2n) is 2.60. The molecule has 0 aliphatic rings. The van der Waals surface area contributed by atoms with Crippen molar-refractivity contribution in [1.82, 2.24) is 0 Å². The van der Waals surface area contributed by atoms with Gasteiger partial charge in [0.2, 0.25) is 0 Å². The summed E-state index contributed by atoms with van der Waals surface area (Å²) in [6, 6.07) is 3.43. The lowest BCUT2D eigenvalue weighted by molar-refractivity contribution is 0.594. The van der Waals surface area contributed by atoms with Crippen LogP contribution >= 0.6 is 11.3 Å². The van der Waals surface area contributed by atoms with Gasteiger partial charge in [0.25, 0.3) is 0 Å². The third-order valence-corrected chi connectivity index (χ3v) is 4.86. The molecule has 4 heteroatoms. The summed E-state index contributed by atoms with van der Waals surface area (Å²) in [6.07, 6.45) is 1.67. The van der Waals surface area contributed by atoms with Gasteiger partial charge in [-0.1, -0.05) is 19.4 Å². The van der Waals surface area contributed by atoms with Crippen molar-refractivity contribution < 1.29 is 8.42 Å². The minimum absolute atomic E-state index is 0.282. The molecular weight excluding hydrogens is 192 g/mol. The highest BCUT2D eigenvalue weighted by Gasteiger charge is 2.13. The van der Waals surface area contributed by atoms with Crippen LogP contribution in [0.25, 0.3) is 0 Å². The summed E-state index contributed by atoms with van der Waals surface area (Å²) in [6.45, 7) is 1.99. The Morgan fingerprint density at radius 3 is 2.75 bits per heavy atom. The van der Waals surface area contributed by atoms with Crippen molar-refractivity contribution >= 4 is 21.2 Å². The quantitative estimate of drug-likeness (QED) is 0.754. The van der Waals surface area contributed by atoms with E-state index in [-0.39, 0.29) is 5.75 Å². The van der Waals surface area contributed by atoms with Gasteiger partial charge in [0.1, 0.15) is 4.21 Å². The first-order valence-electron chi connectivity index (χ1n) is 3.93. The minimum Gasteiger partial charge on any atom is -0.223 e. The van der Waals surface area contributed by atoms with Gasteiger partial charge in [-0.15, -0.1) is 11.3 Å². The van der Waals surface area contributed by atoms with Crippen LogP contribution in [0, 0.1) is 0 Å². The molecule has 0 unspecified atom stereocenters. The number of sulfone groups is 1. The topological polar surface area (TPSA) is 34.1 Å². The molecule has 0 atom stereocenters. The Labute approximate surface area is 77.2 Å². The number of hydrogen-bond acceptors (Lipinski definition) is 3. The lowest BCUT2D eigenvalue weighted by Gasteiger charge is -1.98. The summed E-state index contributed by atoms with van der Waals surface area (Å²) in [4.78, 5) is 0. The van der Waals surface area contributed by atoms with Crippen molar-refractivity contribution in [2.24, 2.45) is 0 Å². The van der Waals surface area contributed by atoms with E-state index in [9.17, 15) is 8.42 Å². The highest BCUT2D eigenvalue weighted by molar-refractivity contribution is 7.93. The molecule has 0 spiro atoms. The minimum atomic E-state index is -2.96. The van der Waals surface area contributed by atoms with Crippen molar-refractivity contribution in [3.8, 4) is 0 Å². The Kier molecular flexibility index (Phi) is 3.29. The van der Waals surface area contributed by atoms with Gasteiger partial charge in [0, 0.05) is 0 Å². The molecule has 1 rings (SSSR count). The van der Waals surface area contributed by atoms with Crippen LogP contribution in [-0.4, -0.2) is 14.2 Å². The molecule has 1 aromatic rings. The Balaban J connectivity index is 2.74. The van der Waals surface area contributed by atoms with Crippen LogP contribution in [0.3, 0.4) is 0 Å². The van der Waals surface area contributed by atoms with Crippen molar-refractivity contribution in [1.29, 1.82) is 0 Å². The lowest BCUT2D eigenvalue weighted by atomic mass is 10.4. The largest absolute Gasteiger partial charge is 0.223 e. The summed E-state index contributed by atoms with van der Waals surface area (Å²) >= 11 is 1.29. The zero-order chi connectivity index (χ0) is 9.03. The summed E-state index contributed by atoms with van der Waals surface area (Å²) in [7, 11) is -2.96. The fourth-order valence-corrected chi connectivity index (χ4v) is 3.48. The maximum absolute atomic E-state index is 11.5. The molecule has 0 saturated heterocycles. The number of rotatable bonds is 4. The standard InChI is InChI=1S/C8H12O2S2/c1-2-3-7-12(9,10)8-5-4-6-11-8/h4-6H,2-3,7H2,1H3. The van der Waals surface area contributed by atoms with Crippen LogP contribution < -0.4 is 0 Å². The zero-order valence-corrected chi connectivity index (χ0v) is 8.62. The van der Waals surface area contributed by atoms with Gasteiger partial charge >= 0.3 is 0 Å². The van der Waals surface area contributed by atoms with E-state index < -0.39 is 9.84 Å². The molecule has 0 N–H and O–H groups in total. The highest BCUT2D eigenvalue weighted by atomic mass is 32.2. The molecule has 0 fully saturated rings. The predicted octanol–water partition coefficient (Wildman–Crippen LogP) is 2.32. The molecule has 0 bridgehead atoms. The molecule has 1 heterocycles. The van der Waals surface area contributed by atoms with E-state index in [1.165, 1.54) is 11.3 Å². The van der Waals surface area contributed by atoms with E-state index in [0.29, 0.717) is 4.21 Å². The Morgan fingerprint density at radius 2 is 2.25 bits per heavy atom. The smallest absolute Gasteiger partial charge is 0.187 e. The first-order valence-corrected chi connectivity index (χ1v) is 6.46. The first kappa shape index (κ1) is 9.74. The third kappa shape index (κ3) is 2.32. The van der Waals surface area contributed by atoms with Crippen molar-refractivity contribution in [3.63, 3.8) is 0 Å². The average Bonchev–Trinajstić information content (AvgIpc) is 2.53. The zero-order valence-electron chi connectivity index (χ0n) is 6.99. The van der Waals surface area contributed by atoms with E-state index in [1.54, 1.807) is 17.5 Å². The van der Waals surface area contributed by atoms with Gasteiger partial charge < -0.3 is 0 Å². The van der Waals surface area contributed by atoms with Gasteiger partial charge in [0.05, 0.1) is 5.75 Å². The molecule has 12 heavy (non-hydrogen) atoms. The average molecular weight is 204 g/mol. The molecule has 0 radical (unpaired) electrons. The molecule has 68 valence electrons. The maximum atomic E-state index is 11.5. The number of unbranched alkanes of at least 4 members (excludes halogenated alkanes) is 1. The summed E-state index contributed by atoms with van der Waals surface area (Å²) in [5.41, 5.74) is 0. The van der Waals surface area contributed by atoms with E-state index >= 15 is 0 Å². The monoisotopic (exact) mass is 204 g/mol. The number of thiophene rings is 1. The summed E-state index contributed by atoms with van der Waals surface area (Å²) in [5, 5.41) is 1.79. The van der Waals surface area contributed by atoms with Crippen LogP contribution in [0.4, 0.5) is 0 Å². The Morgan fingerprint density at radius 1 is 1.50 bits per heavy atom. The van der Waals surface area contributed by atoms with Gasteiger partial charge in [-0.2, -0.15) is 0 Å². The Hall–Kier alpha value is -0.350. The fraction of sp³-hybridized carbons (Fsp3) is 0.500. The lowest BCUT2D eigenvalue weighted by Crippen LogP contribution is -2.04. The number of hydrogen-bond donors (Lipinski definition) is 0. The van der Waals surface area contributed by atoms with E-state index in [1.807, 2.05) is 6.92 Å². The van der Waals surface area contributed by atoms with Crippen molar-refractivity contribution in [3.05, 3.63) is 17.5 Å². The van der Waals surface area contributed by atoms with E-state index in [0.717, 1.165) is 12.8 Å². The fourth-order valence-electron chi connectivity index (χ4n) is 0.875. The van der Waals surface area contributed by atoms with Crippen LogP contribution in [0.15, 0.2) is 21.7 Å². The maximum Gasteiger partial charge on any atom is 0.187 e. The van der Waals surface area contributed by atoms with Crippen LogP contribution in [0.1, 0.15) is 19.8 Å². The van der Waals surface area contributed by atoms with Crippen LogP contribution in [0.5, 0.6) is 0 Å². The van der Waals surface area contributed by atoms with Gasteiger partial charge in [-0.05, 0) is 17.9 Å². The van der Waals surface area contributed by atoms with Crippen LogP contribution in [-0.2, 0) is 9.84 Å². The second-order valence-corrected chi connectivity index (χ2v) is 5.89. The normalized spacial score (nSPS) is 11.8. The van der Waals surface area contributed by atoms with Gasteiger partial charge in [0.15, 0.2) is 9.84 Å². The molecular formula is C8H12O2S2. The van der Waals surface area contributed by atoms with Crippen molar-refractivity contribution in [2.75, 3.05) is 5.75 Å². The van der Waals surface area contributed by atoms with E-state index in [4.69, 9.17) is 0 Å². The van der Waals surface area contributed by atoms with Gasteiger partial charge in [-0.3, -0.25) is 0 Å².